The van der Waals surface area contributed by atoms with E-state index in [0.29, 0.717) is 34.2 Å². The highest BCUT2D eigenvalue weighted by atomic mass is 32.2. The topological polar surface area (TPSA) is 118 Å². The lowest BCUT2D eigenvalue weighted by Gasteiger charge is -2.15. The molecule has 13 heteroatoms. The van der Waals surface area contributed by atoms with Gasteiger partial charge in [0.1, 0.15) is 18.2 Å². The summed E-state index contributed by atoms with van der Waals surface area (Å²) in [4.78, 5) is 4.10. The molecule has 2 heterocycles. The summed E-state index contributed by atoms with van der Waals surface area (Å²) in [5.74, 6) is -3.15. The van der Waals surface area contributed by atoms with Crippen LogP contribution in [0.3, 0.4) is 0 Å². The zero-order chi connectivity index (χ0) is 25.7. The molecule has 0 bridgehead atoms. The number of aromatic amines is 1. The first-order valence-corrected chi connectivity index (χ1v) is 11.9. The maximum Gasteiger partial charge on any atom is 0.355 e. The third-order valence-electron chi connectivity index (χ3n) is 4.88. The minimum Gasteiger partial charge on any atom is -0.487 e. The number of benzene rings is 2. The highest BCUT2D eigenvalue weighted by molar-refractivity contribution is 7.93. The van der Waals surface area contributed by atoms with E-state index in [2.05, 4.69) is 20.5 Å². The summed E-state index contributed by atoms with van der Waals surface area (Å²) in [6.07, 6.45) is 1.57. The van der Waals surface area contributed by atoms with Crippen LogP contribution in [0.15, 0.2) is 66.9 Å². The van der Waals surface area contributed by atoms with Crippen molar-refractivity contribution in [1.82, 2.24) is 15.2 Å². The van der Waals surface area contributed by atoms with Crippen molar-refractivity contribution >= 4 is 27.2 Å². The van der Waals surface area contributed by atoms with Gasteiger partial charge in [0.25, 0.3) is 10.0 Å². The van der Waals surface area contributed by atoms with Gasteiger partial charge < -0.3 is 14.8 Å². The Morgan fingerprint density at radius 2 is 1.83 bits per heavy atom. The van der Waals surface area contributed by atoms with Gasteiger partial charge in [-0.15, -0.1) is 0 Å². The molecule has 0 aliphatic carbocycles. The van der Waals surface area contributed by atoms with Gasteiger partial charge in [0, 0.05) is 17.7 Å². The Bertz CT molecular complexity index is 1430. The molecule has 0 amide bonds. The van der Waals surface area contributed by atoms with Gasteiger partial charge >= 0.3 is 5.76 Å². The largest absolute Gasteiger partial charge is 0.487 e. The summed E-state index contributed by atoms with van der Waals surface area (Å²) in [7, 11) is -3.42. The normalized spacial score (nSPS) is 11.4. The van der Waals surface area contributed by atoms with E-state index < -0.39 is 21.6 Å². The first-order chi connectivity index (χ1) is 17.2. The fraction of sp³-hybridized carbons (Fsp3) is 0.130. The average Bonchev–Trinajstić information content (AvgIpc) is 3.33. The van der Waals surface area contributed by atoms with Crippen LogP contribution in [0.5, 0.6) is 11.6 Å². The Morgan fingerprint density at radius 1 is 1.06 bits per heavy atom. The number of H-pyrrole nitrogens is 1. The van der Waals surface area contributed by atoms with Crippen molar-refractivity contribution in [2.24, 2.45) is 0 Å². The fourth-order valence-corrected chi connectivity index (χ4v) is 3.65. The number of nitrogens with zero attached hydrogens (tertiary/aromatic N) is 2. The smallest absolute Gasteiger partial charge is 0.355 e. The van der Waals surface area contributed by atoms with Crippen LogP contribution in [0.25, 0.3) is 11.3 Å². The molecule has 188 valence electrons. The monoisotopic (exact) mass is 519 g/mol. The first-order valence-electron chi connectivity index (χ1n) is 10.4. The Balaban J connectivity index is 1.58. The average molecular weight is 520 g/mol. The van der Waals surface area contributed by atoms with Gasteiger partial charge in [-0.1, -0.05) is 18.2 Å². The number of alkyl halides is 2. The fourth-order valence-electron chi connectivity index (χ4n) is 3.09. The standard InChI is InChI=1S/C23H20F3N5O4S/c1-34-22-9-7-17(12-27-22)28-21-11-19(29-30-21)15-4-8-18(31-36(32,33)23(25)26)20(10-15)35-13-14-2-5-16(24)6-3-14/h2-12,23,31H,13H2,1H3,(H2,28,29,30). The molecule has 0 radical (unpaired) electrons. The maximum absolute atomic E-state index is 13.2. The number of hydrogen-bond donors (Lipinski definition) is 3. The molecule has 4 rings (SSSR count). The van der Waals surface area contributed by atoms with Crippen LogP contribution in [0.4, 0.5) is 30.4 Å². The van der Waals surface area contributed by atoms with E-state index in [1.54, 1.807) is 24.4 Å². The molecule has 4 aromatic rings. The van der Waals surface area contributed by atoms with Gasteiger partial charge in [-0.2, -0.15) is 13.9 Å². The number of anilines is 3. The Kier molecular flexibility index (Phi) is 7.29. The summed E-state index contributed by atoms with van der Waals surface area (Å²) in [5.41, 5.74) is 2.15. The predicted molar refractivity (Wildman–Crippen MR) is 127 cm³/mol. The summed E-state index contributed by atoms with van der Waals surface area (Å²) in [6, 6.07) is 14.9. The highest BCUT2D eigenvalue weighted by Gasteiger charge is 2.25. The number of nitrogens with one attached hydrogen (secondary N) is 3. The molecule has 0 aliphatic heterocycles. The third-order valence-corrected chi connectivity index (χ3v) is 5.86. The molecule has 2 aromatic heterocycles. The number of ether oxygens (including phenoxy) is 2. The first kappa shape index (κ1) is 24.9. The van der Waals surface area contributed by atoms with Crippen LogP contribution in [0.1, 0.15) is 5.56 Å². The van der Waals surface area contributed by atoms with Crippen LogP contribution >= 0.6 is 0 Å². The quantitative estimate of drug-likeness (QED) is 0.273. The zero-order valence-electron chi connectivity index (χ0n) is 18.7. The molecule has 0 saturated carbocycles. The molecule has 0 spiro atoms. The molecule has 0 saturated heterocycles. The van der Waals surface area contributed by atoms with Crippen LogP contribution in [-0.4, -0.2) is 36.5 Å². The Morgan fingerprint density at radius 3 is 2.50 bits per heavy atom. The maximum atomic E-state index is 13.2. The zero-order valence-corrected chi connectivity index (χ0v) is 19.5. The number of sulfonamides is 1. The van der Waals surface area contributed by atoms with Crippen molar-refractivity contribution < 1.29 is 31.1 Å². The second kappa shape index (κ2) is 10.6. The summed E-state index contributed by atoms with van der Waals surface area (Å²) >= 11 is 0. The lowest BCUT2D eigenvalue weighted by Crippen LogP contribution is -2.21. The van der Waals surface area contributed by atoms with Gasteiger partial charge in [0.15, 0.2) is 5.82 Å². The summed E-state index contributed by atoms with van der Waals surface area (Å²) < 4.78 is 75.1. The van der Waals surface area contributed by atoms with Gasteiger partial charge in [0.05, 0.1) is 30.4 Å². The molecular weight excluding hydrogens is 499 g/mol. The van der Waals surface area contributed by atoms with Crippen molar-refractivity contribution in [3.63, 3.8) is 0 Å². The van der Waals surface area contributed by atoms with Gasteiger partial charge in [-0.3, -0.25) is 9.82 Å². The van der Waals surface area contributed by atoms with Crippen LogP contribution in [-0.2, 0) is 16.6 Å². The number of methoxy groups -OCH3 is 1. The lowest BCUT2D eigenvalue weighted by atomic mass is 10.1. The molecular formula is C23H20F3N5O4S. The van der Waals surface area contributed by atoms with E-state index >= 15 is 0 Å². The van der Waals surface area contributed by atoms with Crippen molar-refractivity contribution in [2.45, 2.75) is 12.4 Å². The Labute approximate surface area is 204 Å². The van der Waals surface area contributed by atoms with Gasteiger partial charge in [-0.25, -0.2) is 17.8 Å². The van der Waals surface area contributed by atoms with Gasteiger partial charge in [0.2, 0.25) is 5.88 Å². The molecule has 9 nitrogen and oxygen atoms in total. The van der Waals surface area contributed by atoms with Crippen LogP contribution < -0.4 is 19.5 Å². The minimum absolute atomic E-state index is 0.00971. The summed E-state index contributed by atoms with van der Waals surface area (Å²) in [6.45, 7) is -0.0621. The second-order valence-electron chi connectivity index (χ2n) is 7.41. The van der Waals surface area contributed by atoms with Crippen molar-refractivity contribution in [3.05, 3.63) is 78.2 Å². The number of aromatic nitrogens is 3. The van der Waals surface area contributed by atoms with Gasteiger partial charge in [-0.05, 0) is 35.9 Å². The van der Waals surface area contributed by atoms with E-state index in [-0.39, 0.29) is 18.0 Å². The predicted octanol–water partition coefficient (Wildman–Crippen LogP) is 4.91. The molecule has 0 aliphatic rings. The Hall–Kier alpha value is -4.26. The number of hydrogen-bond acceptors (Lipinski definition) is 7. The van der Waals surface area contributed by atoms with E-state index in [0.717, 1.165) is 0 Å². The number of halogens is 3. The van der Waals surface area contributed by atoms with E-state index in [4.69, 9.17) is 9.47 Å². The van der Waals surface area contributed by atoms with Crippen LogP contribution in [0, 0.1) is 5.82 Å². The van der Waals surface area contributed by atoms with Crippen molar-refractivity contribution in [3.8, 4) is 22.9 Å². The molecule has 36 heavy (non-hydrogen) atoms. The van der Waals surface area contributed by atoms with E-state index in [1.165, 1.54) is 49.6 Å². The SMILES string of the molecule is COc1ccc(Nc2cc(-c3ccc(NS(=O)(=O)C(F)F)c(OCc4ccc(F)cc4)c3)[nH]n2)cn1. The summed E-state index contributed by atoms with van der Waals surface area (Å²) in [5, 5.41) is 10.1. The van der Waals surface area contributed by atoms with E-state index in [1.807, 2.05) is 4.72 Å². The second-order valence-corrected chi connectivity index (χ2v) is 9.07. The number of rotatable bonds is 10. The molecule has 3 N–H and O–H groups in total. The molecule has 0 fully saturated rings. The highest BCUT2D eigenvalue weighted by Crippen LogP contribution is 2.33. The van der Waals surface area contributed by atoms with Crippen molar-refractivity contribution in [1.29, 1.82) is 0 Å². The van der Waals surface area contributed by atoms with Crippen molar-refractivity contribution in [2.75, 3.05) is 17.1 Å². The molecule has 0 unspecified atom stereocenters. The lowest BCUT2D eigenvalue weighted by molar-refractivity contribution is 0.236. The number of pyridine rings is 1. The minimum atomic E-state index is -4.93. The van der Waals surface area contributed by atoms with Crippen LogP contribution in [0.2, 0.25) is 0 Å². The van der Waals surface area contributed by atoms with E-state index in [9.17, 15) is 21.6 Å². The third kappa shape index (κ3) is 6.05. The molecule has 2 aromatic carbocycles. The molecule has 0 atom stereocenters.